The molecule has 22 heavy (non-hydrogen) atoms. The highest BCUT2D eigenvalue weighted by Gasteiger charge is 2.19. The van der Waals surface area contributed by atoms with Gasteiger partial charge in [0.25, 0.3) is 0 Å². The van der Waals surface area contributed by atoms with Crippen LogP contribution in [0.25, 0.3) is 22.3 Å². The van der Waals surface area contributed by atoms with E-state index < -0.39 is 0 Å². The second kappa shape index (κ2) is 5.54. The molecule has 0 amide bonds. The minimum Gasteiger partial charge on any atom is -0.297 e. The summed E-state index contributed by atoms with van der Waals surface area (Å²) >= 11 is 0. The SMILES string of the molecule is CC(c1ccc(-c2[nH]nc3ncccc23)cc1)N1CCCC1. The van der Waals surface area contributed by atoms with Gasteiger partial charge in [0.1, 0.15) is 0 Å². The number of hydrogen-bond donors (Lipinski definition) is 1. The average molecular weight is 292 g/mol. The van der Waals surface area contributed by atoms with E-state index in [1.54, 1.807) is 6.20 Å². The Hall–Kier alpha value is -2.20. The molecule has 1 unspecified atom stereocenters. The molecule has 4 heteroatoms. The monoisotopic (exact) mass is 292 g/mol. The first-order valence-electron chi connectivity index (χ1n) is 7.96. The summed E-state index contributed by atoms with van der Waals surface area (Å²) < 4.78 is 0. The maximum absolute atomic E-state index is 4.28. The van der Waals surface area contributed by atoms with Crippen molar-refractivity contribution >= 4 is 11.0 Å². The Kier molecular flexibility index (Phi) is 3.39. The summed E-state index contributed by atoms with van der Waals surface area (Å²) in [5, 5.41) is 8.45. The Morgan fingerprint density at radius 3 is 2.64 bits per heavy atom. The van der Waals surface area contributed by atoms with Crippen LogP contribution in [0.2, 0.25) is 0 Å². The fraction of sp³-hybridized carbons (Fsp3) is 0.333. The molecule has 0 spiro atoms. The third kappa shape index (κ3) is 2.29. The van der Waals surface area contributed by atoms with Crippen molar-refractivity contribution in [3.05, 3.63) is 48.2 Å². The largest absolute Gasteiger partial charge is 0.297 e. The first-order chi connectivity index (χ1) is 10.8. The van der Waals surface area contributed by atoms with E-state index in [1.165, 1.54) is 31.5 Å². The summed E-state index contributed by atoms with van der Waals surface area (Å²) in [6.45, 7) is 4.75. The third-order valence-electron chi connectivity index (χ3n) is 4.70. The molecule has 1 aliphatic rings. The van der Waals surface area contributed by atoms with E-state index in [2.05, 4.69) is 57.3 Å². The Morgan fingerprint density at radius 1 is 1.09 bits per heavy atom. The van der Waals surface area contributed by atoms with Crippen LogP contribution >= 0.6 is 0 Å². The summed E-state index contributed by atoms with van der Waals surface area (Å²) in [6.07, 6.45) is 4.43. The van der Waals surface area contributed by atoms with Crippen LogP contribution in [0.5, 0.6) is 0 Å². The molecule has 1 aromatic carbocycles. The molecule has 0 radical (unpaired) electrons. The number of H-pyrrole nitrogens is 1. The summed E-state index contributed by atoms with van der Waals surface area (Å²) in [6, 6.07) is 13.3. The van der Waals surface area contributed by atoms with Crippen molar-refractivity contribution in [2.24, 2.45) is 0 Å². The molecule has 0 bridgehead atoms. The number of nitrogens with one attached hydrogen (secondary N) is 1. The fourth-order valence-corrected chi connectivity index (χ4v) is 3.34. The molecule has 4 rings (SSSR count). The molecular weight excluding hydrogens is 272 g/mol. The smallest absolute Gasteiger partial charge is 0.181 e. The Labute approximate surface area is 130 Å². The van der Waals surface area contributed by atoms with Crippen LogP contribution in [0.3, 0.4) is 0 Å². The van der Waals surface area contributed by atoms with E-state index in [9.17, 15) is 0 Å². The first-order valence-corrected chi connectivity index (χ1v) is 7.96. The minimum atomic E-state index is 0.497. The van der Waals surface area contributed by atoms with Crippen LogP contribution in [0, 0.1) is 0 Å². The lowest BCUT2D eigenvalue weighted by Gasteiger charge is -2.24. The zero-order chi connectivity index (χ0) is 14.9. The second-order valence-electron chi connectivity index (χ2n) is 6.01. The number of hydrogen-bond acceptors (Lipinski definition) is 3. The summed E-state index contributed by atoms with van der Waals surface area (Å²) in [5.74, 6) is 0. The molecule has 1 fully saturated rings. The molecule has 0 aliphatic carbocycles. The molecular formula is C18H20N4. The molecule has 1 N–H and O–H groups in total. The standard InChI is InChI=1S/C18H20N4/c1-13(22-11-2-3-12-22)14-6-8-15(9-7-14)17-16-5-4-10-19-18(16)21-20-17/h4-10,13H,2-3,11-12H2,1H3,(H,19,20,21). The lowest BCUT2D eigenvalue weighted by atomic mass is 10.0. The van der Waals surface area contributed by atoms with Crippen molar-refractivity contribution in [1.29, 1.82) is 0 Å². The molecule has 2 aromatic heterocycles. The number of rotatable bonds is 3. The van der Waals surface area contributed by atoms with Crippen molar-refractivity contribution in [1.82, 2.24) is 20.1 Å². The second-order valence-corrected chi connectivity index (χ2v) is 6.01. The molecule has 0 saturated carbocycles. The maximum Gasteiger partial charge on any atom is 0.181 e. The Balaban J connectivity index is 1.64. The van der Waals surface area contributed by atoms with Gasteiger partial charge < -0.3 is 0 Å². The number of fused-ring (bicyclic) bond motifs is 1. The van der Waals surface area contributed by atoms with E-state index in [0.29, 0.717) is 6.04 Å². The quantitative estimate of drug-likeness (QED) is 0.799. The highest BCUT2D eigenvalue weighted by molar-refractivity contribution is 5.90. The van der Waals surface area contributed by atoms with Gasteiger partial charge in [0.05, 0.1) is 5.69 Å². The van der Waals surface area contributed by atoms with Gasteiger partial charge in [-0.05, 0) is 50.6 Å². The van der Waals surface area contributed by atoms with Crippen molar-refractivity contribution in [3.63, 3.8) is 0 Å². The Bertz CT molecular complexity index is 769. The van der Waals surface area contributed by atoms with Crippen molar-refractivity contribution in [2.45, 2.75) is 25.8 Å². The fourth-order valence-electron chi connectivity index (χ4n) is 3.34. The minimum absolute atomic E-state index is 0.497. The lowest BCUT2D eigenvalue weighted by molar-refractivity contribution is 0.263. The topological polar surface area (TPSA) is 44.8 Å². The van der Waals surface area contributed by atoms with Gasteiger partial charge in [-0.3, -0.25) is 10.00 Å². The molecule has 3 aromatic rings. The first kappa shape index (κ1) is 13.5. The molecule has 1 atom stereocenters. The van der Waals surface area contributed by atoms with E-state index in [1.807, 2.05) is 6.07 Å². The molecule has 112 valence electrons. The van der Waals surface area contributed by atoms with Gasteiger partial charge in [-0.1, -0.05) is 24.3 Å². The highest BCUT2D eigenvalue weighted by Crippen LogP contribution is 2.29. The zero-order valence-electron chi connectivity index (χ0n) is 12.8. The Morgan fingerprint density at radius 2 is 1.86 bits per heavy atom. The van der Waals surface area contributed by atoms with Crippen LogP contribution < -0.4 is 0 Å². The van der Waals surface area contributed by atoms with Crippen LogP contribution in [0.4, 0.5) is 0 Å². The number of nitrogens with zero attached hydrogens (tertiary/aromatic N) is 3. The highest BCUT2D eigenvalue weighted by atomic mass is 15.2. The van der Waals surface area contributed by atoms with E-state index in [0.717, 1.165) is 22.3 Å². The van der Waals surface area contributed by atoms with Gasteiger partial charge in [-0.2, -0.15) is 5.10 Å². The molecule has 1 saturated heterocycles. The normalized spacial score (nSPS) is 17.1. The molecule has 1 aliphatic heterocycles. The summed E-state index contributed by atoms with van der Waals surface area (Å²) in [5.41, 5.74) is 4.36. The van der Waals surface area contributed by atoms with Crippen LogP contribution in [0.1, 0.15) is 31.4 Å². The van der Waals surface area contributed by atoms with Gasteiger partial charge in [0.15, 0.2) is 5.65 Å². The predicted octanol–water partition coefficient (Wildman–Crippen LogP) is 3.78. The number of pyridine rings is 1. The van der Waals surface area contributed by atoms with E-state index in [-0.39, 0.29) is 0 Å². The van der Waals surface area contributed by atoms with Crippen LogP contribution in [0.15, 0.2) is 42.6 Å². The number of likely N-dealkylation sites (tertiary alicyclic amines) is 1. The van der Waals surface area contributed by atoms with Gasteiger partial charge >= 0.3 is 0 Å². The summed E-state index contributed by atoms with van der Waals surface area (Å²) in [7, 11) is 0. The van der Waals surface area contributed by atoms with Gasteiger partial charge in [0, 0.05) is 23.2 Å². The number of benzene rings is 1. The third-order valence-corrected chi connectivity index (χ3v) is 4.70. The van der Waals surface area contributed by atoms with Gasteiger partial charge in [-0.15, -0.1) is 0 Å². The molecule has 4 nitrogen and oxygen atoms in total. The van der Waals surface area contributed by atoms with Crippen molar-refractivity contribution in [2.75, 3.05) is 13.1 Å². The average Bonchev–Trinajstić information content (AvgIpc) is 3.24. The van der Waals surface area contributed by atoms with Crippen molar-refractivity contribution in [3.8, 4) is 11.3 Å². The van der Waals surface area contributed by atoms with Gasteiger partial charge in [0.2, 0.25) is 0 Å². The van der Waals surface area contributed by atoms with Gasteiger partial charge in [-0.25, -0.2) is 4.98 Å². The predicted molar refractivity (Wildman–Crippen MR) is 88.5 cm³/mol. The van der Waals surface area contributed by atoms with E-state index >= 15 is 0 Å². The van der Waals surface area contributed by atoms with Crippen LogP contribution in [-0.2, 0) is 0 Å². The number of aromatic amines is 1. The van der Waals surface area contributed by atoms with Crippen LogP contribution in [-0.4, -0.2) is 33.2 Å². The number of aromatic nitrogens is 3. The van der Waals surface area contributed by atoms with Crippen molar-refractivity contribution < 1.29 is 0 Å². The maximum atomic E-state index is 4.28. The van der Waals surface area contributed by atoms with E-state index in [4.69, 9.17) is 0 Å². The molecule has 3 heterocycles. The zero-order valence-corrected chi connectivity index (χ0v) is 12.8. The summed E-state index contributed by atoms with van der Waals surface area (Å²) in [4.78, 5) is 6.84. The lowest BCUT2D eigenvalue weighted by Crippen LogP contribution is -2.23.